The summed E-state index contributed by atoms with van der Waals surface area (Å²) >= 11 is 3.44. The highest BCUT2D eigenvalue weighted by molar-refractivity contribution is 9.10. The van der Waals surface area contributed by atoms with E-state index in [1.807, 2.05) is 55.5 Å². The van der Waals surface area contributed by atoms with Crippen LogP contribution in [0.1, 0.15) is 21.7 Å². The van der Waals surface area contributed by atoms with E-state index in [1.165, 1.54) is 6.26 Å². The minimum atomic E-state index is -0.298. The number of carbonyl (C=O) groups excluding carboxylic acids is 1. The molecule has 0 spiro atoms. The molecule has 1 amide bonds. The molecule has 1 aromatic heterocycles. The molecule has 0 saturated heterocycles. The summed E-state index contributed by atoms with van der Waals surface area (Å²) in [6.45, 7) is 2.23. The van der Waals surface area contributed by atoms with Gasteiger partial charge in [0.25, 0.3) is 5.91 Å². The summed E-state index contributed by atoms with van der Waals surface area (Å²) in [5, 5.41) is 2.84. The Morgan fingerprint density at radius 3 is 2.71 bits per heavy atom. The highest BCUT2D eigenvalue weighted by atomic mass is 79.9. The van der Waals surface area contributed by atoms with Crippen molar-refractivity contribution in [3.8, 4) is 5.75 Å². The molecule has 0 fully saturated rings. The van der Waals surface area contributed by atoms with Crippen molar-refractivity contribution in [3.63, 3.8) is 0 Å². The smallest absolute Gasteiger partial charge is 0.291 e. The number of ether oxygens (including phenoxy) is 1. The van der Waals surface area contributed by atoms with Crippen LogP contribution in [0.5, 0.6) is 5.75 Å². The number of benzene rings is 2. The number of halogens is 1. The number of hydrogen-bond donors (Lipinski definition) is 1. The van der Waals surface area contributed by atoms with Crippen molar-refractivity contribution in [3.05, 3.63) is 82.2 Å². The molecule has 0 atom stereocenters. The summed E-state index contributed by atoms with van der Waals surface area (Å²) in [5.41, 5.74) is 2.46. The Kier molecular flexibility index (Phi) is 5.01. The molecule has 4 nitrogen and oxygen atoms in total. The molecule has 0 aliphatic heterocycles. The Morgan fingerprint density at radius 1 is 1.17 bits per heavy atom. The molecule has 0 aliphatic carbocycles. The first kappa shape index (κ1) is 16.3. The van der Waals surface area contributed by atoms with Crippen LogP contribution in [0.4, 0.5) is 5.69 Å². The maximum Gasteiger partial charge on any atom is 0.291 e. The first-order chi connectivity index (χ1) is 11.6. The maximum atomic E-state index is 12.4. The molecule has 2 aromatic carbocycles. The van der Waals surface area contributed by atoms with Gasteiger partial charge in [0.15, 0.2) is 5.76 Å². The van der Waals surface area contributed by atoms with Crippen molar-refractivity contribution >= 4 is 27.5 Å². The van der Waals surface area contributed by atoms with Gasteiger partial charge in [0, 0.05) is 15.7 Å². The van der Waals surface area contributed by atoms with Gasteiger partial charge in [0.1, 0.15) is 12.4 Å². The summed E-state index contributed by atoms with van der Waals surface area (Å²) in [6.07, 6.45) is 1.49. The SMILES string of the molecule is Cc1cc(NC(=O)c2occc2COc2ccccc2)ccc1Br. The molecule has 1 N–H and O–H groups in total. The van der Waals surface area contributed by atoms with Crippen molar-refractivity contribution in [2.24, 2.45) is 0 Å². The molecule has 5 heteroatoms. The third-order valence-electron chi connectivity index (χ3n) is 3.51. The van der Waals surface area contributed by atoms with Crippen molar-refractivity contribution in [2.45, 2.75) is 13.5 Å². The fraction of sp³-hybridized carbons (Fsp3) is 0.105. The van der Waals surface area contributed by atoms with Crippen LogP contribution in [-0.2, 0) is 6.61 Å². The average Bonchev–Trinajstić information content (AvgIpc) is 3.06. The van der Waals surface area contributed by atoms with E-state index in [0.29, 0.717) is 11.3 Å². The molecule has 0 radical (unpaired) electrons. The average molecular weight is 386 g/mol. The number of carbonyl (C=O) groups is 1. The van der Waals surface area contributed by atoms with Gasteiger partial charge in [-0.25, -0.2) is 0 Å². The van der Waals surface area contributed by atoms with Crippen LogP contribution >= 0.6 is 15.9 Å². The van der Waals surface area contributed by atoms with Gasteiger partial charge in [-0.05, 0) is 48.9 Å². The van der Waals surface area contributed by atoms with E-state index in [1.54, 1.807) is 6.07 Å². The van der Waals surface area contributed by atoms with Gasteiger partial charge in [-0.15, -0.1) is 0 Å². The quantitative estimate of drug-likeness (QED) is 0.657. The predicted octanol–water partition coefficient (Wildman–Crippen LogP) is 5.18. The van der Waals surface area contributed by atoms with Crippen LogP contribution in [-0.4, -0.2) is 5.91 Å². The predicted molar refractivity (Wildman–Crippen MR) is 96.3 cm³/mol. The van der Waals surface area contributed by atoms with Crippen LogP contribution < -0.4 is 10.1 Å². The second kappa shape index (κ2) is 7.36. The van der Waals surface area contributed by atoms with Crippen molar-refractivity contribution < 1.29 is 13.9 Å². The van der Waals surface area contributed by atoms with Crippen LogP contribution in [0.2, 0.25) is 0 Å². The van der Waals surface area contributed by atoms with Crippen LogP contribution in [0.15, 0.2) is 69.8 Å². The lowest BCUT2D eigenvalue weighted by Gasteiger charge is -2.08. The summed E-state index contributed by atoms with van der Waals surface area (Å²) in [7, 11) is 0. The summed E-state index contributed by atoms with van der Waals surface area (Å²) in [6, 6.07) is 16.8. The molecule has 122 valence electrons. The largest absolute Gasteiger partial charge is 0.489 e. The minimum absolute atomic E-state index is 0.256. The van der Waals surface area contributed by atoms with E-state index >= 15 is 0 Å². The van der Waals surface area contributed by atoms with Gasteiger partial charge >= 0.3 is 0 Å². The fourth-order valence-electron chi connectivity index (χ4n) is 2.24. The van der Waals surface area contributed by atoms with Gasteiger partial charge in [0.2, 0.25) is 0 Å². The third kappa shape index (κ3) is 3.86. The summed E-state index contributed by atoms with van der Waals surface area (Å²) in [4.78, 5) is 12.4. The lowest BCUT2D eigenvalue weighted by molar-refractivity contribution is 0.0993. The number of hydrogen-bond acceptors (Lipinski definition) is 3. The molecule has 0 saturated carbocycles. The molecule has 1 heterocycles. The first-order valence-electron chi connectivity index (χ1n) is 7.45. The van der Waals surface area contributed by atoms with Crippen LogP contribution in [0.25, 0.3) is 0 Å². The van der Waals surface area contributed by atoms with E-state index in [-0.39, 0.29) is 18.3 Å². The lowest BCUT2D eigenvalue weighted by Crippen LogP contribution is -2.13. The Labute approximate surface area is 148 Å². The van der Waals surface area contributed by atoms with E-state index in [2.05, 4.69) is 21.2 Å². The van der Waals surface area contributed by atoms with Gasteiger partial charge in [-0.3, -0.25) is 4.79 Å². The number of para-hydroxylation sites is 1. The summed E-state index contributed by atoms with van der Waals surface area (Å²) in [5.74, 6) is 0.702. The highest BCUT2D eigenvalue weighted by Crippen LogP contribution is 2.22. The zero-order valence-corrected chi connectivity index (χ0v) is 14.7. The minimum Gasteiger partial charge on any atom is -0.489 e. The highest BCUT2D eigenvalue weighted by Gasteiger charge is 2.16. The Balaban J connectivity index is 1.69. The Bertz CT molecular complexity index is 843. The molecular formula is C19H16BrNO3. The number of amides is 1. The van der Waals surface area contributed by atoms with E-state index < -0.39 is 0 Å². The number of anilines is 1. The molecule has 24 heavy (non-hydrogen) atoms. The van der Waals surface area contributed by atoms with Crippen molar-refractivity contribution in [2.75, 3.05) is 5.32 Å². The molecular weight excluding hydrogens is 370 g/mol. The molecule has 3 aromatic rings. The summed E-state index contributed by atoms with van der Waals surface area (Å²) < 4.78 is 12.0. The van der Waals surface area contributed by atoms with Crippen molar-refractivity contribution in [1.29, 1.82) is 0 Å². The molecule has 3 rings (SSSR count). The number of furan rings is 1. The van der Waals surface area contributed by atoms with E-state index in [9.17, 15) is 4.79 Å². The Morgan fingerprint density at radius 2 is 1.96 bits per heavy atom. The normalized spacial score (nSPS) is 10.4. The van der Waals surface area contributed by atoms with Gasteiger partial charge in [-0.1, -0.05) is 34.1 Å². The fourth-order valence-corrected chi connectivity index (χ4v) is 2.48. The van der Waals surface area contributed by atoms with Gasteiger partial charge in [-0.2, -0.15) is 0 Å². The molecule has 0 bridgehead atoms. The zero-order valence-electron chi connectivity index (χ0n) is 13.1. The maximum absolute atomic E-state index is 12.4. The van der Waals surface area contributed by atoms with E-state index in [4.69, 9.17) is 9.15 Å². The van der Waals surface area contributed by atoms with Crippen LogP contribution in [0, 0.1) is 6.92 Å². The Hall–Kier alpha value is -2.53. The number of rotatable bonds is 5. The monoisotopic (exact) mass is 385 g/mol. The number of nitrogens with one attached hydrogen (secondary N) is 1. The lowest BCUT2D eigenvalue weighted by atomic mass is 10.2. The zero-order chi connectivity index (χ0) is 16.9. The van der Waals surface area contributed by atoms with Gasteiger partial charge in [0.05, 0.1) is 6.26 Å². The molecule has 0 unspecified atom stereocenters. The van der Waals surface area contributed by atoms with Crippen molar-refractivity contribution in [1.82, 2.24) is 0 Å². The first-order valence-corrected chi connectivity index (χ1v) is 8.24. The third-order valence-corrected chi connectivity index (χ3v) is 4.40. The standard InChI is InChI=1S/C19H16BrNO3/c1-13-11-15(7-8-17(13)20)21-19(22)18-14(9-10-23-18)12-24-16-5-3-2-4-6-16/h2-11H,12H2,1H3,(H,21,22). The topological polar surface area (TPSA) is 51.5 Å². The van der Waals surface area contributed by atoms with Gasteiger partial charge < -0.3 is 14.5 Å². The second-order valence-corrected chi connectivity index (χ2v) is 6.15. The second-order valence-electron chi connectivity index (χ2n) is 5.29. The number of aryl methyl sites for hydroxylation is 1. The van der Waals surface area contributed by atoms with E-state index in [0.717, 1.165) is 15.8 Å². The van der Waals surface area contributed by atoms with Crippen LogP contribution in [0.3, 0.4) is 0 Å². The molecule has 0 aliphatic rings.